The van der Waals surface area contributed by atoms with Crippen LogP contribution in [0.3, 0.4) is 0 Å². The van der Waals surface area contributed by atoms with E-state index >= 15 is 0 Å². The van der Waals surface area contributed by atoms with Gasteiger partial charge in [0.05, 0.1) is 12.7 Å². The molecule has 0 saturated carbocycles. The summed E-state index contributed by atoms with van der Waals surface area (Å²) in [6.07, 6.45) is 2.85. The number of morpholine rings is 1. The molecule has 0 aromatic heterocycles. The first-order valence-corrected chi connectivity index (χ1v) is 7.89. The number of nitrogens with zero attached hydrogens (tertiary/aromatic N) is 1. The second-order valence-electron chi connectivity index (χ2n) is 7.23. The lowest BCUT2D eigenvalue weighted by Gasteiger charge is -2.41. The van der Waals surface area contributed by atoms with Gasteiger partial charge in [-0.1, -0.05) is 13.8 Å². The molecule has 19 heavy (non-hydrogen) atoms. The maximum absolute atomic E-state index is 5.65. The highest BCUT2D eigenvalue weighted by molar-refractivity contribution is 4.87. The van der Waals surface area contributed by atoms with Crippen molar-refractivity contribution in [1.29, 1.82) is 0 Å². The molecule has 3 heteroatoms. The lowest BCUT2D eigenvalue weighted by atomic mass is 9.80. The van der Waals surface area contributed by atoms with Crippen molar-refractivity contribution >= 4 is 0 Å². The Morgan fingerprint density at radius 2 is 1.84 bits per heavy atom. The number of ether oxygens (including phenoxy) is 1. The van der Waals surface area contributed by atoms with E-state index in [-0.39, 0.29) is 5.54 Å². The second kappa shape index (κ2) is 7.05. The fourth-order valence-electron chi connectivity index (χ4n) is 2.74. The molecule has 1 unspecified atom stereocenters. The zero-order chi connectivity index (χ0) is 14.5. The lowest BCUT2D eigenvalue weighted by Crippen LogP contribution is -2.51. The zero-order valence-electron chi connectivity index (χ0n) is 13.9. The van der Waals surface area contributed by atoms with Gasteiger partial charge < -0.3 is 10.1 Å². The minimum absolute atomic E-state index is 0.202. The van der Waals surface area contributed by atoms with Gasteiger partial charge in [-0.25, -0.2) is 0 Å². The summed E-state index contributed by atoms with van der Waals surface area (Å²) in [6.45, 7) is 18.9. The second-order valence-corrected chi connectivity index (χ2v) is 7.23. The topological polar surface area (TPSA) is 24.5 Å². The zero-order valence-corrected chi connectivity index (χ0v) is 13.9. The average Bonchev–Trinajstić information content (AvgIpc) is 2.34. The highest BCUT2D eigenvalue weighted by atomic mass is 16.5. The van der Waals surface area contributed by atoms with Crippen LogP contribution in [0.4, 0.5) is 0 Å². The van der Waals surface area contributed by atoms with Crippen molar-refractivity contribution in [3.05, 3.63) is 0 Å². The molecular weight excluding hydrogens is 236 g/mol. The van der Waals surface area contributed by atoms with Gasteiger partial charge in [0.15, 0.2) is 0 Å². The van der Waals surface area contributed by atoms with E-state index in [9.17, 15) is 0 Å². The molecular formula is C16H34N2O. The van der Waals surface area contributed by atoms with Crippen molar-refractivity contribution in [2.75, 3.05) is 32.8 Å². The third-order valence-corrected chi connectivity index (χ3v) is 4.38. The summed E-state index contributed by atoms with van der Waals surface area (Å²) < 4.78 is 5.65. The van der Waals surface area contributed by atoms with Crippen LogP contribution in [0.2, 0.25) is 0 Å². The molecule has 0 aromatic rings. The quantitative estimate of drug-likeness (QED) is 0.803. The molecule has 0 radical (unpaired) electrons. The smallest absolute Gasteiger partial charge is 0.0674 e. The van der Waals surface area contributed by atoms with Crippen molar-refractivity contribution in [2.45, 2.75) is 66.0 Å². The molecule has 0 aliphatic carbocycles. The summed E-state index contributed by atoms with van der Waals surface area (Å²) in [5.41, 5.74) is 0.595. The van der Waals surface area contributed by atoms with E-state index in [0.717, 1.165) is 26.2 Å². The van der Waals surface area contributed by atoms with E-state index in [1.807, 2.05) is 0 Å². The van der Waals surface area contributed by atoms with Crippen LogP contribution in [-0.4, -0.2) is 49.3 Å². The highest BCUT2D eigenvalue weighted by Gasteiger charge is 2.31. The van der Waals surface area contributed by atoms with Gasteiger partial charge in [-0.15, -0.1) is 0 Å². The van der Waals surface area contributed by atoms with Gasteiger partial charge in [0, 0.05) is 31.7 Å². The Balaban J connectivity index is 2.59. The van der Waals surface area contributed by atoms with E-state index in [4.69, 9.17) is 4.74 Å². The monoisotopic (exact) mass is 270 g/mol. The van der Waals surface area contributed by atoms with E-state index in [2.05, 4.69) is 51.8 Å². The maximum Gasteiger partial charge on any atom is 0.0674 e. The van der Waals surface area contributed by atoms with Crippen molar-refractivity contribution < 1.29 is 4.74 Å². The summed E-state index contributed by atoms with van der Waals surface area (Å²) in [6, 6.07) is 0. The van der Waals surface area contributed by atoms with Crippen LogP contribution in [-0.2, 0) is 4.74 Å². The average molecular weight is 270 g/mol. The summed E-state index contributed by atoms with van der Waals surface area (Å²) in [7, 11) is 0. The molecule has 1 heterocycles. The van der Waals surface area contributed by atoms with Crippen molar-refractivity contribution in [3.8, 4) is 0 Å². The van der Waals surface area contributed by atoms with Gasteiger partial charge in [-0.2, -0.15) is 0 Å². The number of hydrogen-bond acceptors (Lipinski definition) is 3. The van der Waals surface area contributed by atoms with Crippen molar-refractivity contribution in [1.82, 2.24) is 10.2 Å². The van der Waals surface area contributed by atoms with E-state index in [1.54, 1.807) is 0 Å². The largest absolute Gasteiger partial charge is 0.376 e. The van der Waals surface area contributed by atoms with Crippen LogP contribution in [0, 0.1) is 5.41 Å². The first kappa shape index (κ1) is 16.9. The fraction of sp³-hybridized carbons (Fsp3) is 1.00. The Hall–Kier alpha value is -0.120. The number of rotatable bonds is 6. The highest BCUT2D eigenvalue weighted by Crippen LogP contribution is 2.28. The normalized spacial score (nSPS) is 22.7. The minimum Gasteiger partial charge on any atom is -0.376 e. The Kier molecular flexibility index (Phi) is 6.28. The lowest BCUT2D eigenvalue weighted by molar-refractivity contribution is -0.0340. The predicted molar refractivity (Wildman–Crippen MR) is 82.6 cm³/mol. The molecule has 1 atom stereocenters. The fourth-order valence-corrected chi connectivity index (χ4v) is 2.74. The summed E-state index contributed by atoms with van der Waals surface area (Å²) in [4.78, 5) is 2.59. The first-order chi connectivity index (χ1) is 8.80. The summed E-state index contributed by atoms with van der Waals surface area (Å²) in [5.74, 6) is 0. The number of hydrogen-bond donors (Lipinski definition) is 1. The van der Waals surface area contributed by atoms with Crippen LogP contribution < -0.4 is 5.32 Å². The molecule has 1 saturated heterocycles. The Morgan fingerprint density at radius 1 is 1.21 bits per heavy atom. The molecule has 0 bridgehead atoms. The molecule has 1 N–H and O–H groups in total. The molecule has 1 aliphatic heterocycles. The van der Waals surface area contributed by atoms with Crippen molar-refractivity contribution in [3.63, 3.8) is 0 Å². The predicted octanol–water partition coefficient (Wildman–Crippen LogP) is 2.90. The third-order valence-electron chi connectivity index (χ3n) is 4.38. The standard InChI is InChI=1S/C16H34N2O/c1-7-16(8-2,12-17-15(4,5)6)13-18-9-10-19-14(3)11-18/h14,17H,7-13H2,1-6H3. The van der Waals surface area contributed by atoms with Crippen molar-refractivity contribution in [2.24, 2.45) is 5.41 Å². The molecule has 3 nitrogen and oxygen atoms in total. The van der Waals surface area contributed by atoms with Gasteiger partial charge in [0.1, 0.15) is 0 Å². The molecule has 114 valence electrons. The molecule has 0 spiro atoms. The van der Waals surface area contributed by atoms with Crippen LogP contribution in [0.5, 0.6) is 0 Å². The molecule has 0 aromatic carbocycles. The Bertz CT molecular complexity index is 256. The van der Waals surface area contributed by atoms with E-state index in [1.165, 1.54) is 19.4 Å². The molecule has 0 amide bonds. The van der Waals surface area contributed by atoms with Gasteiger partial charge in [-0.3, -0.25) is 4.90 Å². The molecule has 1 aliphatic rings. The van der Waals surface area contributed by atoms with Gasteiger partial charge in [0.2, 0.25) is 0 Å². The van der Waals surface area contributed by atoms with Crippen LogP contribution in [0.1, 0.15) is 54.4 Å². The summed E-state index contributed by atoms with van der Waals surface area (Å²) in [5, 5.41) is 3.71. The van der Waals surface area contributed by atoms with Gasteiger partial charge >= 0.3 is 0 Å². The molecule has 1 rings (SSSR count). The number of nitrogens with one attached hydrogen (secondary N) is 1. The van der Waals surface area contributed by atoms with Gasteiger partial charge in [0.25, 0.3) is 0 Å². The van der Waals surface area contributed by atoms with E-state index < -0.39 is 0 Å². The third kappa shape index (κ3) is 5.80. The SMILES string of the molecule is CCC(CC)(CNC(C)(C)C)CN1CCOC(C)C1. The van der Waals surface area contributed by atoms with Crippen LogP contribution >= 0.6 is 0 Å². The Labute approximate surface area is 120 Å². The Morgan fingerprint density at radius 3 is 2.32 bits per heavy atom. The maximum atomic E-state index is 5.65. The van der Waals surface area contributed by atoms with Crippen LogP contribution in [0.25, 0.3) is 0 Å². The first-order valence-electron chi connectivity index (χ1n) is 7.89. The minimum atomic E-state index is 0.202. The van der Waals surface area contributed by atoms with E-state index in [0.29, 0.717) is 11.5 Å². The summed E-state index contributed by atoms with van der Waals surface area (Å²) >= 11 is 0. The molecule has 1 fully saturated rings. The van der Waals surface area contributed by atoms with Crippen LogP contribution in [0.15, 0.2) is 0 Å². The van der Waals surface area contributed by atoms with Gasteiger partial charge in [-0.05, 0) is 46.0 Å².